The lowest BCUT2D eigenvalue weighted by atomic mass is 10.2. The van der Waals surface area contributed by atoms with Crippen LogP contribution >= 0.6 is 11.3 Å². The van der Waals surface area contributed by atoms with E-state index in [0.29, 0.717) is 5.13 Å². The van der Waals surface area contributed by atoms with E-state index in [0.717, 1.165) is 10.6 Å². The molecule has 1 heterocycles. The van der Waals surface area contributed by atoms with Crippen LogP contribution in [-0.4, -0.2) is 15.3 Å². The molecule has 3 N–H and O–H groups in total. The first-order valence-corrected chi connectivity index (χ1v) is 4.46. The van der Waals surface area contributed by atoms with Gasteiger partial charge in [-0.1, -0.05) is 11.3 Å². The van der Waals surface area contributed by atoms with Gasteiger partial charge < -0.3 is 10.8 Å². The third kappa shape index (κ3) is 1.59. The van der Waals surface area contributed by atoms with Gasteiger partial charge >= 0.3 is 0 Å². The third-order valence-electron chi connectivity index (χ3n) is 1.55. The van der Waals surface area contributed by atoms with Crippen LogP contribution in [0.2, 0.25) is 0 Å². The fourth-order valence-corrected chi connectivity index (χ4v) is 1.57. The van der Waals surface area contributed by atoms with E-state index >= 15 is 0 Å². The Bertz CT molecular complexity index is 410. The largest absolute Gasteiger partial charge is 0.508 e. The Labute approximate surface area is 78.7 Å². The number of nitrogens with two attached hydrogens (primary N) is 1. The topological polar surface area (TPSA) is 72.0 Å². The number of benzene rings is 1. The van der Waals surface area contributed by atoms with Crippen molar-refractivity contribution in [2.24, 2.45) is 0 Å². The highest BCUT2D eigenvalue weighted by atomic mass is 32.1. The van der Waals surface area contributed by atoms with Crippen molar-refractivity contribution in [1.29, 1.82) is 0 Å². The molecular formula is C8H7N3OS. The van der Waals surface area contributed by atoms with Crippen molar-refractivity contribution in [3.8, 4) is 16.3 Å². The van der Waals surface area contributed by atoms with Gasteiger partial charge in [0.1, 0.15) is 10.8 Å². The number of phenolic OH excluding ortho intramolecular Hbond substituents is 1. The van der Waals surface area contributed by atoms with E-state index in [1.54, 1.807) is 24.3 Å². The summed E-state index contributed by atoms with van der Waals surface area (Å²) in [6, 6.07) is 6.75. The lowest BCUT2D eigenvalue weighted by Gasteiger charge is -1.94. The molecule has 0 spiro atoms. The van der Waals surface area contributed by atoms with Gasteiger partial charge in [-0.15, -0.1) is 10.2 Å². The second-order valence-electron chi connectivity index (χ2n) is 2.49. The molecule has 66 valence electrons. The molecule has 0 atom stereocenters. The number of hydrogen-bond acceptors (Lipinski definition) is 5. The number of aromatic nitrogens is 2. The minimum Gasteiger partial charge on any atom is -0.508 e. The lowest BCUT2D eigenvalue weighted by molar-refractivity contribution is 0.475. The molecule has 2 rings (SSSR count). The van der Waals surface area contributed by atoms with Crippen molar-refractivity contribution in [3.05, 3.63) is 24.3 Å². The Hall–Kier alpha value is -1.62. The summed E-state index contributed by atoms with van der Waals surface area (Å²) in [4.78, 5) is 0. The Balaban J connectivity index is 2.41. The molecule has 0 aliphatic carbocycles. The molecule has 4 nitrogen and oxygen atoms in total. The van der Waals surface area contributed by atoms with Gasteiger partial charge in [0, 0.05) is 5.56 Å². The quantitative estimate of drug-likeness (QED) is 0.719. The molecular weight excluding hydrogens is 186 g/mol. The van der Waals surface area contributed by atoms with Crippen molar-refractivity contribution in [3.63, 3.8) is 0 Å². The second kappa shape index (κ2) is 3.02. The van der Waals surface area contributed by atoms with Crippen LogP contribution in [0, 0.1) is 0 Å². The highest BCUT2D eigenvalue weighted by Gasteiger charge is 2.03. The van der Waals surface area contributed by atoms with Gasteiger partial charge in [-0.25, -0.2) is 0 Å². The van der Waals surface area contributed by atoms with Crippen LogP contribution < -0.4 is 5.73 Å². The first kappa shape index (κ1) is 8.00. The molecule has 0 aliphatic rings. The maximum atomic E-state index is 9.05. The number of anilines is 1. The highest BCUT2D eigenvalue weighted by Crippen LogP contribution is 2.25. The number of nitrogen functional groups attached to an aromatic ring is 1. The Kier molecular flexibility index (Phi) is 1.86. The smallest absolute Gasteiger partial charge is 0.203 e. The van der Waals surface area contributed by atoms with E-state index in [1.165, 1.54) is 11.3 Å². The zero-order valence-electron chi connectivity index (χ0n) is 6.64. The van der Waals surface area contributed by atoms with Crippen molar-refractivity contribution in [2.45, 2.75) is 0 Å². The molecule has 0 saturated carbocycles. The first-order chi connectivity index (χ1) is 6.25. The maximum Gasteiger partial charge on any atom is 0.203 e. The molecule has 0 amide bonds. The van der Waals surface area contributed by atoms with Gasteiger partial charge in [0.05, 0.1) is 0 Å². The minimum absolute atomic E-state index is 0.237. The Morgan fingerprint density at radius 1 is 1.15 bits per heavy atom. The van der Waals surface area contributed by atoms with Crippen LogP contribution in [0.25, 0.3) is 10.6 Å². The molecule has 5 heteroatoms. The zero-order chi connectivity index (χ0) is 9.26. The zero-order valence-corrected chi connectivity index (χ0v) is 7.45. The summed E-state index contributed by atoms with van der Waals surface area (Å²) in [7, 11) is 0. The number of hydrogen-bond donors (Lipinski definition) is 2. The van der Waals surface area contributed by atoms with Crippen molar-refractivity contribution in [2.75, 3.05) is 5.73 Å². The molecule has 2 aromatic rings. The van der Waals surface area contributed by atoms with E-state index in [9.17, 15) is 0 Å². The summed E-state index contributed by atoms with van der Waals surface area (Å²) in [5.41, 5.74) is 6.35. The predicted molar refractivity (Wildman–Crippen MR) is 51.4 cm³/mol. The second-order valence-corrected chi connectivity index (χ2v) is 3.50. The van der Waals surface area contributed by atoms with E-state index in [2.05, 4.69) is 10.2 Å². The van der Waals surface area contributed by atoms with Crippen LogP contribution in [0.15, 0.2) is 24.3 Å². The monoisotopic (exact) mass is 193 g/mol. The normalized spacial score (nSPS) is 10.2. The SMILES string of the molecule is Nc1nnc(-c2ccc(O)cc2)s1. The van der Waals surface area contributed by atoms with Gasteiger partial charge in [-0.3, -0.25) is 0 Å². The molecule has 1 aromatic heterocycles. The number of aromatic hydroxyl groups is 1. The van der Waals surface area contributed by atoms with Crippen LogP contribution in [0.3, 0.4) is 0 Å². The molecule has 0 aliphatic heterocycles. The van der Waals surface area contributed by atoms with Crippen molar-refractivity contribution < 1.29 is 5.11 Å². The van der Waals surface area contributed by atoms with Gasteiger partial charge in [0.15, 0.2) is 0 Å². The van der Waals surface area contributed by atoms with E-state index in [-0.39, 0.29) is 5.75 Å². The Morgan fingerprint density at radius 2 is 1.85 bits per heavy atom. The maximum absolute atomic E-state index is 9.05. The van der Waals surface area contributed by atoms with Crippen LogP contribution in [0.1, 0.15) is 0 Å². The summed E-state index contributed by atoms with van der Waals surface area (Å²) >= 11 is 1.32. The van der Waals surface area contributed by atoms with E-state index in [1.807, 2.05) is 0 Å². The highest BCUT2D eigenvalue weighted by molar-refractivity contribution is 7.18. The number of nitrogens with zero attached hydrogens (tertiary/aromatic N) is 2. The van der Waals surface area contributed by atoms with E-state index in [4.69, 9.17) is 10.8 Å². The number of rotatable bonds is 1. The van der Waals surface area contributed by atoms with Crippen molar-refractivity contribution >= 4 is 16.5 Å². The molecule has 0 unspecified atom stereocenters. The average molecular weight is 193 g/mol. The van der Waals surface area contributed by atoms with Gasteiger partial charge in [-0.05, 0) is 24.3 Å². The Morgan fingerprint density at radius 3 is 2.38 bits per heavy atom. The van der Waals surface area contributed by atoms with Gasteiger partial charge in [0.2, 0.25) is 5.13 Å². The van der Waals surface area contributed by atoms with Crippen LogP contribution in [0.4, 0.5) is 5.13 Å². The fourth-order valence-electron chi connectivity index (χ4n) is 0.955. The van der Waals surface area contributed by atoms with Crippen molar-refractivity contribution in [1.82, 2.24) is 10.2 Å². The molecule has 0 bridgehead atoms. The first-order valence-electron chi connectivity index (χ1n) is 3.64. The molecule has 0 saturated heterocycles. The summed E-state index contributed by atoms with van der Waals surface area (Å²) in [5, 5.41) is 17.8. The van der Waals surface area contributed by atoms with Crippen LogP contribution in [-0.2, 0) is 0 Å². The van der Waals surface area contributed by atoms with Gasteiger partial charge in [-0.2, -0.15) is 0 Å². The summed E-state index contributed by atoms with van der Waals surface area (Å²) in [5.74, 6) is 0.237. The van der Waals surface area contributed by atoms with Gasteiger partial charge in [0.25, 0.3) is 0 Å². The summed E-state index contributed by atoms with van der Waals surface area (Å²) in [6.45, 7) is 0. The third-order valence-corrected chi connectivity index (χ3v) is 2.36. The van der Waals surface area contributed by atoms with Crippen LogP contribution in [0.5, 0.6) is 5.75 Å². The standard InChI is InChI=1S/C8H7N3OS/c9-8-11-10-7(13-8)5-1-3-6(12)4-2-5/h1-4,12H,(H2,9,11). The predicted octanol–water partition coefficient (Wildman–Crippen LogP) is 1.49. The summed E-state index contributed by atoms with van der Waals surface area (Å²) < 4.78 is 0. The average Bonchev–Trinajstić information content (AvgIpc) is 2.53. The lowest BCUT2D eigenvalue weighted by Crippen LogP contribution is -1.80. The van der Waals surface area contributed by atoms with E-state index < -0.39 is 0 Å². The molecule has 1 aromatic carbocycles. The minimum atomic E-state index is 0.237. The fraction of sp³-hybridized carbons (Fsp3) is 0. The molecule has 13 heavy (non-hydrogen) atoms. The summed E-state index contributed by atoms with van der Waals surface area (Å²) in [6.07, 6.45) is 0. The molecule has 0 radical (unpaired) electrons. The molecule has 0 fully saturated rings. The number of phenols is 1.